The Hall–Kier alpha value is -0.710. The molecule has 0 unspecified atom stereocenters. The zero-order valence-electron chi connectivity index (χ0n) is 12.1. The first-order valence-electron chi connectivity index (χ1n) is 6.60. The minimum Gasteiger partial charge on any atom is -0.294 e. The highest BCUT2D eigenvalue weighted by atomic mass is 35.5. The van der Waals surface area contributed by atoms with Crippen LogP contribution in [0.4, 0.5) is 0 Å². The van der Waals surface area contributed by atoms with Crippen molar-refractivity contribution in [1.29, 1.82) is 0 Å². The Labute approximate surface area is 123 Å². The van der Waals surface area contributed by atoms with Gasteiger partial charge in [0.05, 0.1) is 11.9 Å². The van der Waals surface area contributed by atoms with Gasteiger partial charge in [-0.3, -0.25) is 4.90 Å². The molecule has 2 heterocycles. The molecule has 0 saturated heterocycles. The molecular weight excluding hydrogens is 278 g/mol. The first-order valence-corrected chi connectivity index (χ1v) is 7.79. The van der Waals surface area contributed by atoms with E-state index in [-0.39, 0.29) is 0 Å². The average molecular weight is 298 g/mol. The maximum Gasteiger partial charge on any atom is 0.145 e. The summed E-state index contributed by atoms with van der Waals surface area (Å²) in [6.45, 7) is 12.4. The minimum atomic E-state index is 0.481. The average Bonchev–Trinajstić information content (AvgIpc) is 2.62. The van der Waals surface area contributed by atoms with E-state index in [1.807, 2.05) is 0 Å². The lowest BCUT2D eigenvalue weighted by Crippen LogP contribution is -2.30. The van der Waals surface area contributed by atoms with Gasteiger partial charge in [-0.15, -0.1) is 11.3 Å². The van der Waals surface area contributed by atoms with Gasteiger partial charge in [-0.1, -0.05) is 18.5 Å². The number of thiophene rings is 1. The van der Waals surface area contributed by atoms with Crippen molar-refractivity contribution in [2.24, 2.45) is 0 Å². The van der Waals surface area contributed by atoms with Gasteiger partial charge in [0, 0.05) is 10.9 Å². The van der Waals surface area contributed by atoms with Crippen LogP contribution in [0.15, 0.2) is 0 Å². The van der Waals surface area contributed by atoms with Crippen molar-refractivity contribution in [3.8, 4) is 0 Å². The molecule has 0 fully saturated rings. The van der Waals surface area contributed by atoms with Crippen molar-refractivity contribution in [2.45, 2.75) is 47.2 Å². The van der Waals surface area contributed by atoms with E-state index in [4.69, 9.17) is 11.6 Å². The number of aromatic nitrogens is 2. The van der Waals surface area contributed by atoms with Crippen molar-refractivity contribution in [1.82, 2.24) is 14.9 Å². The van der Waals surface area contributed by atoms with Gasteiger partial charge >= 0.3 is 0 Å². The number of halogens is 1. The SMILES string of the molecule is CCN(Cc1nc(Cl)c2c(C)c(C)sc2n1)C(C)C. The summed E-state index contributed by atoms with van der Waals surface area (Å²) in [5.74, 6) is 0.814. The first kappa shape index (κ1) is 14.7. The third-order valence-electron chi connectivity index (χ3n) is 3.51. The topological polar surface area (TPSA) is 29.0 Å². The maximum absolute atomic E-state index is 6.32. The Balaban J connectivity index is 2.41. The molecule has 0 radical (unpaired) electrons. The van der Waals surface area contributed by atoms with Crippen LogP contribution in [0.5, 0.6) is 0 Å². The van der Waals surface area contributed by atoms with E-state index < -0.39 is 0 Å². The van der Waals surface area contributed by atoms with Crippen LogP contribution in [0.1, 0.15) is 37.0 Å². The van der Waals surface area contributed by atoms with Gasteiger partial charge in [-0.05, 0) is 39.8 Å². The van der Waals surface area contributed by atoms with Crippen LogP contribution in [0, 0.1) is 13.8 Å². The molecule has 2 aromatic heterocycles. The van der Waals surface area contributed by atoms with Crippen molar-refractivity contribution in [2.75, 3.05) is 6.54 Å². The molecular formula is C14H20ClN3S. The summed E-state index contributed by atoms with van der Waals surface area (Å²) in [4.78, 5) is 13.7. The van der Waals surface area contributed by atoms with Crippen molar-refractivity contribution >= 4 is 33.2 Å². The lowest BCUT2D eigenvalue weighted by Gasteiger charge is -2.23. The molecule has 104 valence electrons. The summed E-state index contributed by atoms with van der Waals surface area (Å²) >= 11 is 8.02. The van der Waals surface area contributed by atoms with Crippen LogP contribution < -0.4 is 0 Å². The Morgan fingerprint density at radius 3 is 2.53 bits per heavy atom. The standard InChI is InChI=1S/C14H20ClN3S/c1-6-18(8(2)3)7-11-16-13(15)12-9(4)10(5)19-14(12)17-11/h8H,6-7H2,1-5H3. The van der Waals surface area contributed by atoms with E-state index in [2.05, 4.69) is 49.5 Å². The van der Waals surface area contributed by atoms with Gasteiger partial charge in [0.1, 0.15) is 15.8 Å². The summed E-state index contributed by atoms with van der Waals surface area (Å²) in [7, 11) is 0. The van der Waals surface area contributed by atoms with Gasteiger partial charge in [-0.2, -0.15) is 0 Å². The number of fused-ring (bicyclic) bond motifs is 1. The second-order valence-electron chi connectivity index (χ2n) is 5.05. The molecule has 0 aliphatic heterocycles. The molecule has 0 saturated carbocycles. The highest BCUT2D eigenvalue weighted by molar-refractivity contribution is 7.18. The summed E-state index contributed by atoms with van der Waals surface area (Å²) in [5, 5.41) is 1.60. The Morgan fingerprint density at radius 1 is 1.26 bits per heavy atom. The van der Waals surface area contributed by atoms with E-state index in [0.29, 0.717) is 11.2 Å². The predicted octanol–water partition coefficient (Wildman–Crippen LogP) is 4.19. The van der Waals surface area contributed by atoms with E-state index >= 15 is 0 Å². The molecule has 2 aromatic rings. The highest BCUT2D eigenvalue weighted by Gasteiger charge is 2.15. The first-order chi connectivity index (χ1) is 8.93. The summed E-state index contributed by atoms with van der Waals surface area (Å²) in [6, 6.07) is 0.481. The van der Waals surface area contributed by atoms with Crippen LogP contribution in [-0.2, 0) is 6.54 Å². The zero-order chi connectivity index (χ0) is 14.2. The number of hydrogen-bond donors (Lipinski definition) is 0. The Kier molecular flexibility index (Phi) is 4.43. The van der Waals surface area contributed by atoms with E-state index in [9.17, 15) is 0 Å². The molecule has 19 heavy (non-hydrogen) atoms. The second-order valence-corrected chi connectivity index (χ2v) is 6.61. The van der Waals surface area contributed by atoms with Crippen LogP contribution in [-0.4, -0.2) is 27.5 Å². The largest absolute Gasteiger partial charge is 0.294 e. The third kappa shape index (κ3) is 2.91. The maximum atomic E-state index is 6.32. The van der Waals surface area contributed by atoms with E-state index in [1.54, 1.807) is 11.3 Å². The molecule has 0 bridgehead atoms. The molecule has 2 rings (SSSR count). The second kappa shape index (κ2) is 5.73. The number of hydrogen-bond acceptors (Lipinski definition) is 4. The lowest BCUT2D eigenvalue weighted by molar-refractivity contribution is 0.219. The molecule has 0 amide bonds. The molecule has 5 heteroatoms. The molecule has 0 aliphatic rings. The normalized spacial score (nSPS) is 12.0. The molecule has 0 spiro atoms. The quantitative estimate of drug-likeness (QED) is 0.792. The third-order valence-corrected chi connectivity index (χ3v) is 4.89. The fourth-order valence-corrected chi connectivity index (χ4v) is 3.59. The summed E-state index contributed by atoms with van der Waals surface area (Å²) in [6.07, 6.45) is 0. The lowest BCUT2D eigenvalue weighted by atomic mass is 10.2. The molecule has 0 N–H and O–H groups in total. The van der Waals surface area contributed by atoms with Gasteiger partial charge in [0.25, 0.3) is 0 Å². The van der Waals surface area contributed by atoms with Crippen molar-refractivity contribution < 1.29 is 0 Å². The van der Waals surface area contributed by atoms with E-state index in [0.717, 1.165) is 29.1 Å². The van der Waals surface area contributed by atoms with E-state index in [1.165, 1.54) is 10.4 Å². The Morgan fingerprint density at radius 2 is 1.95 bits per heavy atom. The van der Waals surface area contributed by atoms with Crippen LogP contribution >= 0.6 is 22.9 Å². The predicted molar refractivity (Wildman–Crippen MR) is 83.1 cm³/mol. The molecule has 0 atom stereocenters. The van der Waals surface area contributed by atoms with Gasteiger partial charge in [0.15, 0.2) is 0 Å². The fraction of sp³-hybridized carbons (Fsp3) is 0.571. The zero-order valence-corrected chi connectivity index (χ0v) is 13.7. The smallest absolute Gasteiger partial charge is 0.145 e. The summed E-state index contributed by atoms with van der Waals surface area (Å²) < 4.78 is 0. The van der Waals surface area contributed by atoms with Crippen LogP contribution in [0.25, 0.3) is 10.2 Å². The Bertz CT molecular complexity index is 592. The van der Waals surface area contributed by atoms with Crippen LogP contribution in [0.2, 0.25) is 5.15 Å². The van der Waals surface area contributed by atoms with Gasteiger partial charge in [-0.25, -0.2) is 9.97 Å². The van der Waals surface area contributed by atoms with Gasteiger partial charge in [0.2, 0.25) is 0 Å². The van der Waals surface area contributed by atoms with Crippen LogP contribution in [0.3, 0.4) is 0 Å². The summed E-state index contributed by atoms with van der Waals surface area (Å²) in [5.41, 5.74) is 1.20. The highest BCUT2D eigenvalue weighted by Crippen LogP contribution is 2.33. The molecule has 0 aromatic carbocycles. The van der Waals surface area contributed by atoms with Gasteiger partial charge < -0.3 is 0 Å². The fourth-order valence-electron chi connectivity index (χ4n) is 2.15. The minimum absolute atomic E-state index is 0.481. The number of aryl methyl sites for hydroxylation is 2. The molecule has 0 aliphatic carbocycles. The molecule has 3 nitrogen and oxygen atoms in total. The number of nitrogens with zero attached hydrogens (tertiary/aromatic N) is 3. The monoisotopic (exact) mass is 297 g/mol. The number of rotatable bonds is 4. The van der Waals surface area contributed by atoms with Crippen molar-refractivity contribution in [3.63, 3.8) is 0 Å². The van der Waals surface area contributed by atoms with Crippen molar-refractivity contribution in [3.05, 3.63) is 21.4 Å².